The predicted octanol–water partition coefficient (Wildman–Crippen LogP) is 6.04. The first-order valence-electron chi connectivity index (χ1n) is 12.8. The molecule has 6 heteroatoms. The summed E-state index contributed by atoms with van der Waals surface area (Å²) in [4.78, 5) is 27.2. The van der Waals surface area contributed by atoms with Crippen molar-refractivity contribution in [1.29, 1.82) is 0 Å². The van der Waals surface area contributed by atoms with Crippen LogP contribution in [0, 0.1) is 5.92 Å². The second-order valence-electron chi connectivity index (χ2n) is 9.85. The largest absolute Gasteiger partial charge is 0.576 e. The lowest BCUT2D eigenvalue weighted by atomic mass is 9.73. The Morgan fingerprint density at radius 3 is 2.55 bits per heavy atom. The molecule has 2 unspecified atom stereocenters. The number of fused-ring (bicyclic) bond motifs is 2. The summed E-state index contributed by atoms with van der Waals surface area (Å²) in [6.07, 6.45) is 7.74. The van der Waals surface area contributed by atoms with Gasteiger partial charge in [0.2, 0.25) is 0 Å². The molecular weight excluding hydrogens is 476 g/mol. The Kier molecular flexibility index (Phi) is 6.81. The topological polar surface area (TPSA) is 63.0 Å². The molecule has 2 aromatic carbocycles. The number of allylic oxidation sites excluding steroid dienone is 5. The van der Waals surface area contributed by atoms with Gasteiger partial charge in [0.1, 0.15) is 0 Å². The molecule has 0 radical (unpaired) electrons. The molecule has 1 saturated heterocycles. The van der Waals surface area contributed by atoms with Crippen LogP contribution in [0.4, 0.5) is 0 Å². The van der Waals surface area contributed by atoms with Crippen molar-refractivity contribution in [2.75, 3.05) is 20.8 Å². The summed E-state index contributed by atoms with van der Waals surface area (Å²) in [5, 5.41) is 4.46. The van der Waals surface area contributed by atoms with E-state index in [9.17, 15) is 9.59 Å². The van der Waals surface area contributed by atoms with Gasteiger partial charge in [0.15, 0.2) is 20.0 Å². The Bertz CT molecular complexity index is 1520. The molecular formula is C32H33N2O4+. The fourth-order valence-corrected chi connectivity index (χ4v) is 5.53. The zero-order chi connectivity index (χ0) is 27.0. The van der Waals surface area contributed by atoms with Crippen LogP contribution in [0.1, 0.15) is 30.9 Å². The van der Waals surface area contributed by atoms with Crippen LogP contribution < -0.4 is 5.32 Å². The zero-order valence-corrected chi connectivity index (χ0v) is 22.3. The molecule has 1 aliphatic heterocycles. The molecule has 1 N–H and O–H groups in total. The standard InChI is InChI=1S/C32H32N2O4/c1-6-16-34-19-22(24-10-8-9-11-27(24)34)18-26-31(35)30-25(33-26)17-20(3)28(32(36)37-7-2)29(30)21-12-14-23(15-13-21)38(4)5/h6,8-15,17-19,29-30H,1,7,16H2,2-5H3/p+1/b26-18+. The van der Waals surface area contributed by atoms with Gasteiger partial charge in [-0.15, -0.1) is 6.58 Å². The van der Waals surface area contributed by atoms with Gasteiger partial charge in [-0.05, 0) is 55.3 Å². The zero-order valence-electron chi connectivity index (χ0n) is 22.3. The average Bonchev–Trinajstić information content (AvgIpc) is 3.40. The highest BCUT2D eigenvalue weighted by molar-refractivity contribution is 6.09. The normalized spacial score (nSPS) is 19.8. The third-order valence-corrected chi connectivity index (χ3v) is 7.25. The number of nitrogens with zero attached hydrogens (tertiary/aromatic N) is 1. The Morgan fingerprint density at radius 1 is 1.13 bits per heavy atom. The van der Waals surface area contributed by atoms with Gasteiger partial charge in [0.05, 0.1) is 18.2 Å². The summed E-state index contributed by atoms with van der Waals surface area (Å²) in [7, 11) is 3.80. The fraction of sp³-hybridized carbons (Fsp3) is 0.250. The number of rotatable bonds is 7. The number of hydrogen-bond acceptors (Lipinski definition) is 4. The molecule has 0 bridgehead atoms. The maximum Gasteiger partial charge on any atom is 0.334 e. The number of hydrogen-bond donors (Lipinski definition) is 1. The molecule has 1 fully saturated rings. The molecule has 0 amide bonds. The molecule has 6 nitrogen and oxygen atoms in total. The lowest BCUT2D eigenvalue weighted by molar-refractivity contribution is -0.139. The van der Waals surface area contributed by atoms with Crippen LogP contribution in [-0.2, 0) is 25.2 Å². The second kappa shape index (κ2) is 10.2. The molecule has 38 heavy (non-hydrogen) atoms. The Balaban J connectivity index is 1.59. The van der Waals surface area contributed by atoms with E-state index in [2.05, 4.69) is 33.0 Å². The van der Waals surface area contributed by atoms with Crippen LogP contribution in [-0.4, -0.2) is 37.1 Å². The number of para-hydroxylation sites is 1. The Labute approximate surface area is 223 Å². The molecule has 194 valence electrons. The number of ether oxygens (including phenoxy) is 1. The third kappa shape index (κ3) is 4.36. The smallest absolute Gasteiger partial charge is 0.334 e. The average molecular weight is 510 g/mol. The lowest BCUT2D eigenvalue weighted by Gasteiger charge is -2.30. The summed E-state index contributed by atoms with van der Waals surface area (Å²) in [5.74, 6) is -0.450. The van der Waals surface area contributed by atoms with Crippen molar-refractivity contribution in [1.82, 2.24) is 9.88 Å². The van der Waals surface area contributed by atoms with Gasteiger partial charge in [0, 0.05) is 58.5 Å². The maximum atomic E-state index is 14.0. The van der Waals surface area contributed by atoms with Crippen molar-refractivity contribution in [2.24, 2.45) is 5.92 Å². The number of carbonyl (C=O) groups is 2. The molecule has 0 spiro atoms. The summed E-state index contributed by atoms with van der Waals surface area (Å²) in [6, 6.07) is 16.1. The Morgan fingerprint density at radius 2 is 1.87 bits per heavy atom. The van der Waals surface area contributed by atoms with Crippen LogP contribution in [0.15, 0.2) is 96.0 Å². The number of carbonyl (C=O) groups excluding carboxylic acids is 2. The van der Waals surface area contributed by atoms with Gasteiger partial charge in [-0.2, -0.15) is 0 Å². The van der Waals surface area contributed by atoms with Crippen molar-refractivity contribution in [3.05, 3.63) is 107 Å². The highest BCUT2D eigenvalue weighted by atomic mass is 16.7. The van der Waals surface area contributed by atoms with Crippen molar-refractivity contribution in [2.45, 2.75) is 26.3 Å². The van der Waals surface area contributed by atoms with Gasteiger partial charge < -0.3 is 19.0 Å². The molecule has 1 aromatic heterocycles. The van der Waals surface area contributed by atoms with E-state index in [0.717, 1.165) is 39.0 Å². The first kappa shape index (κ1) is 25.3. The van der Waals surface area contributed by atoms with Gasteiger partial charge in [-0.3, -0.25) is 4.79 Å². The molecule has 2 aliphatic rings. The first-order chi connectivity index (χ1) is 18.3. The summed E-state index contributed by atoms with van der Waals surface area (Å²) >= 11 is 0. The van der Waals surface area contributed by atoms with Gasteiger partial charge in [0.25, 0.3) is 5.75 Å². The third-order valence-electron chi connectivity index (χ3n) is 7.25. The van der Waals surface area contributed by atoms with E-state index in [1.54, 1.807) is 6.92 Å². The van der Waals surface area contributed by atoms with E-state index in [4.69, 9.17) is 4.74 Å². The minimum atomic E-state index is -0.538. The quantitative estimate of drug-likeness (QED) is 0.182. The van der Waals surface area contributed by atoms with Gasteiger partial charge in [-0.25, -0.2) is 4.79 Å². The molecule has 0 saturated carbocycles. The van der Waals surface area contributed by atoms with Crippen molar-refractivity contribution in [3.63, 3.8) is 0 Å². The Hall–Kier alpha value is -4.32. The summed E-state index contributed by atoms with van der Waals surface area (Å²) in [5.41, 5.74) is 5.59. The number of aromatic nitrogens is 1. The van der Waals surface area contributed by atoms with E-state index in [-0.39, 0.29) is 18.4 Å². The number of esters is 1. The van der Waals surface area contributed by atoms with Gasteiger partial charge in [-0.1, -0.05) is 24.3 Å². The van der Waals surface area contributed by atoms with Crippen LogP contribution in [0.5, 0.6) is 5.75 Å². The number of ketones is 1. The summed E-state index contributed by atoms with van der Waals surface area (Å²) < 4.78 is 10.4. The van der Waals surface area contributed by atoms with E-state index in [1.807, 2.05) is 82.0 Å². The summed E-state index contributed by atoms with van der Waals surface area (Å²) in [6.45, 7) is 8.52. The van der Waals surface area contributed by atoms with Crippen LogP contribution in [0.25, 0.3) is 17.0 Å². The van der Waals surface area contributed by atoms with Crippen LogP contribution in [0.3, 0.4) is 0 Å². The van der Waals surface area contributed by atoms with E-state index in [1.165, 1.54) is 0 Å². The van der Waals surface area contributed by atoms with Crippen molar-refractivity contribution in [3.8, 4) is 5.75 Å². The molecule has 5 rings (SSSR count). The fourth-order valence-electron chi connectivity index (χ4n) is 5.53. The van der Waals surface area contributed by atoms with Crippen LogP contribution >= 0.6 is 0 Å². The lowest BCUT2D eigenvalue weighted by Crippen LogP contribution is -2.29. The van der Waals surface area contributed by atoms with Crippen molar-refractivity contribution >= 4 is 28.7 Å². The molecule has 2 heterocycles. The first-order valence-corrected chi connectivity index (χ1v) is 12.8. The van der Waals surface area contributed by atoms with E-state index >= 15 is 0 Å². The SMILES string of the molecule is C=CCn1cc(/C=C2/NC3=CC(C)=C(C(=O)OCC)C(c4ccc([O+](C)C)cc4)C3C2=O)c2ccccc21. The van der Waals surface area contributed by atoms with E-state index in [0.29, 0.717) is 17.8 Å². The number of nitrogens with one attached hydrogen (secondary N) is 1. The minimum Gasteiger partial charge on any atom is -0.576 e. The number of benzene rings is 2. The minimum absolute atomic E-state index is 0.0397. The highest BCUT2D eigenvalue weighted by Gasteiger charge is 2.46. The number of Topliss-reactive ketones (excluding diaryl/α,β-unsaturated/α-hetero) is 1. The predicted molar refractivity (Wildman–Crippen MR) is 151 cm³/mol. The maximum absolute atomic E-state index is 14.0. The van der Waals surface area contributed by atoms with Gasteiger partial charge >= 0.3 is 5.97 Å². The molecule has 1 aliphatic carbocycles. The highest BCUT2D eigenvalue weighted by Crippen LogP contribution is 2.46. The van der Waals surface area contributed by atoms with Crippen molar-refractivity contribution < 1.29 is 18.7 Å². The molecule has 2 atom stereocenters. The molecule has 3 aromatic rings. The van der Waals surface area contributed by atoms with Crippen LogP contribution in [0.2, 0.25) is 0 Å². The monoisotopic (exact) mass is 509 g/mol. The second-order valence-corrected chi connectivity index (χ2v) is 9.85. The van der Waals surface area contributed by atoms with E-state index < -0.39 is 11.8 Å².